The summed E-state index contributed by atoms with van der Waals surface area (Å²) in [6, 6.07) is 4.10. The molecule has 0 bridgehead atoms. The largest absolute Gasteiger partial charge is 0.480 e. The van der Waals surface area contributed by atoms with Crippen LogP contribution in [0.15, 0.2) is 29.2 Å². The summed E-state index contributed by atoms with van der Waals surface area (Å²) in [6.07, 6.45) is 1.59. The van der Waals surface area contributed by atoms with Gasteiger partial charge in [-0.25, -0.2) is 16.8 Å². The first kappa shape index (κ1) is 19.6. The van der Waals surface area contributed by atoms with E-state index in [0.29, 0.717) is 12.0 Å². The lowest BCUT2D eigenvalue weighted by atomic mass is 10.0. The van der Waals surface area contributed by atoms with Crippen LogP contribution in [0.5, 0.6) is 0 Å². The van der Waals surface area contributed by atoms with Crippen molar-refractivity contribution in [3.05, 3.63) is 29.8 Å². The highest BCUT2D eigenvalue weighted by Crippen LogP contribution is 2.16. The van der Waals surface area contributed by atoms with Crippen LogP contribution in [0.25, 0.3) is 0 Å². The Labute approximate surface area is 136 Å². The number of sulfonamides is 1. The Balaban J connectivity index is 3.02. The minimum absolute atomic E-state index is 0.107. The Hall–Kier alpha value is -1.45. The van der Waals surface area contributed by atoms with E-state index in [1.807, 2.05) is 0 Å². The zero-order valence-electron chi connectivity index (χ0n) is 13.2. The minimum atomic E-state index is -4.00. The van der Waals surface area contributed by atoms with Crippen molar-refractivity contribution in [2.75, 3.05) is 6.26 Å². The van der Waals surface area contributed by atoms with E-state index < -0.39 is 31.9 Å². The molecule has 0 aromatic heterocycles. The summed E-state index contributed by atoms with van der Waals surface area (Å²) in [5.41, 5.74) is 0.461. The van der Waals surface area contributed by atoms with E-state index in [4.69, 9.17) is 5.11 Å². The molecule has 0 saturated carbocycles. The van der Waals surface area contributed by atoms with Gasteiger partial charge in [-0.15, -0.1) is 0 Å². The fourth-order valence-corrected chi connectivity index (χ4v) is 4.04. The van der Waals surface area contributed by atoms with Crippen LogP contribution >= 0.6 is 0 Å². The summed E-state index contributed by atoms with van der Waals surface area (Å²) in [4.78, 5) is 11.1. The molecule has 2 N–H and O–H groups in total. The highest BCUT2D eigenvalue weighted by atomic mass is 32.2. The number of rotatable bonds is 8. The van der Waals surface area contributed by atoms with Crippen molar-refractivity contribution in [2.24, 2.45) is 5.92 Å². The molecule has 0 aliphatic carbocycles. The third-order valence-electron chi connectivity index (χ3n) is 3.42. The number of hydrogen-bond acceptors (Lipinski definition) is 5. The fourth-order valence-electron chi connectivity index (χ4n) is 1.95. The molecular weight excluding hydrogens is 342 g/mol. The molecule has 0 fully saturated rings. The Bertz CT molecular complexity index is 753. The van der Waals surface area contributed by atoms with Gasteiger partial charge in [0.1, 0.15) is 6.04 Å². The Morgan fingerprint density at radius 2 is 1.70 bits per heavy atom. The normalized spacial score (nSPS) is 15.1. The molecule has 0 radical (unpaired) electrons. The molecule has 1 aromatic rings. The molecule has 0 heterocycles. The Morgan fingerprint density at radius 1 is 1.17 bits per heavy atom. The first-order chi connectivity index (χ1) is 10.5. The molecule has 130 valence electrons. The molecule has 9 heteroatoms. The quantitative estimate of drug-likeness (QED) is 0.712. The Morgan fingerprint density at radius 3 is 2.09 bits per heavy atom. The van der Waals surface area contributed by atoms with Gasteiger partial charge in [-0.05, 0) is 23.6 Å². The van der Waals surface area contributed by atoms with Crippen molar-refractivity contribution < 1.29 is 26.7 Å². The summed E-state index contributed by atoms with van der Waals surface area (Å²) < 4.78 is 49.2. The van der Waals surface area contributed by atoms with Crippen LogP contribution < -0.4 is 4.72 Å². The zero-order valence-corrected chi connectivity index (χ0v) is 14.8. The van der Waals surface area contributed by atoms with Gasteiger partial charge in [0.15, 0.2) is 9.84 Å². The van der Waals surface area contributed by atoms with Crippen molar-refractivity contribution in [1.29, 1.82) is 0 Å². The molecule has 7 nitrogen and oxygen atoms in total. The topological polar surface area (TPSA) is 118 Å². The van der Waals surface area contributed by atoms with Crippen LogP contribution in [0.3, 0.4) is 0 Å². The van der Waals surface area contributed by atoms with Gasteiger partial charge in [0.25, 0.3) is 0 Å². The highest BCUT2D eigenvalue weighted by Gasteiger charge is 2.29. The highest BCUT2D eigenvalue weighted by molar-refractivity contribution is 7.90. The molecule has 0 amide bonds. The standard InChI is InChI=1S/C14H21NO6S2/c1-4-10(2)13(14(16)17)15-23(20,21)12-7-5-11(6-8-12)9-22(3,18)19/h5-8,10,13,15H,4,9H2,1-3H3,(H,16,17)/t10-,13-/m0/s1. The number of sulfone groups is 1. The molecule has 1 rings (SSSR count). The maximum Gasteiger partial charge on any atom is 0.322 e. The van der Waals surface area contributed by atoms with Crippen LogP contribution in [0.1, 0.15) is 25.8 Å². The summed E-state index contributed by atoms with van der Waals surface area (Å²) >= 11 is 0. The lowest BCUT2D eigenvalue weighted by molar-refractivity contribution is -0.140. The SMILES string of the molecule is CC[C@H](C)[C@H](NS(=O)(=O)c1ccc(CS(C)(=O)=O)cc1)C(=O)O. The van der Waals surface area contributed by atoms with Crippen molar-refractivity contribution in [2.45, 2.75) is 37.0 Å². The molecule has 1 aromatic carbocycles. The van der Waals surface area contributed by atoms with Gasteiger partial charge in [-0.2, -0.15) is 4.72 Å². The number of carboxylic acid groups (broad SMARTS) is 1. The first-order valence-electron chi connectivity index (χ1n) is 6.98. The second kappa shape index (κ2) is 7.41. The molecule has 0 aliphatic heterocycles. The first-order valence-corrected chi connectivity index (χ1v) is 10.5. The minimum Gasteiger partial charge on any atom is -0.480 e. The van der Waals surface area contributed by atoms with Gasteiger partial charge in [-0.3, -0.25) is 4.79 Å². The predicted octanol–water partition coefficient (Wildman–Crippen LogP) is 1.01. The number of carbonyl (C=O) groups is 1. The fraction of sp³-hybridized carbons (Fsp3) is 0.500. The maximum atomic E-state index is 12.3. The number of carboxylic acids is 1. The maximum absolute atomic E-state index is 12.3. The summed E-state index contributed by atoms with van der Waals surface area (Å²) in [5.74, 6) is -1.80. The molecule has 0 unspecified atom stereocenters. The van der Waals surface area contributed by atoms with Crippen LogP contribution in [0.4, 0.5) is 0 Å². The third-order valence-corrected chi connectivity index (χ3v) is 5.74. The van der Waals surface area contributed by atoms with Crippen molar-refractivity contribution in [3.8, 4) is 0 Å². The lowest BCUT2D eigenvalue weighted by Crippen LogP contribution is -2.44. The summed E-state index contributed by atoms with van der Waals surface area (Å²) in [6.45, 7) is 3.42. The van der Waals surface area contributed by atoms with Gasteiger partial charge in [-0.1, -0.05) is 32.4 Å². The smallest absolute Gasteiger partial charge is 0.322 e. The molecular formula is C14H21NO6S2. The van der Waals surface area contributed by atoms with Gasteiger partial charge in [0.05, 0.1) is 10.6 Å². The van der Waals surface area contributed by atoms with E-state index in [1.54, 1.807) is 13.8 Å². The summed E-state index contributed by atoms with van der Waals surface area (Å²) in [5, 5.41) is 9.16. The number of benzene rings is 1. The van der Waals surface area contributed by atoms with Crippen LogP contribution in [-0.4, -0.2) is 40.2 Å². The number of nitrogens with one attached hydrogen (secondary N) is 1. The molecule has 0 saturated heterocycles. The second-order valence-corrected chi connectivity index (χ2v) is 9.39. The third kappa shape index (κ3) is 5.92. The lowest BCUT2D eigenvalue weighted by Gasteiger charge is -2.20. The summed E-state index contributed by atoms with van der Waals surface area (Å²) in [7, 11) is -7.21. The zero-order chi connectivity index (χ0) is 17.8. The molecule has 2 atom stereocenters. The van der Waals surface area contributed by atoms with Gasteiger partial charge >= 0.3 is 5.97 Å². The molecule has 0 aliphatic rings. The van der Waals surface area contributed by atoms with Gasteiger partial charge in [0.2, 0.25) is 10.0 Å². The second-order valence-electron chi connectivity index (χ2n) is 5.54. The van der Waals surface area contributed by atoms with Gasteiger partial charge in [0, 0.05) is 6.26 Å². The van der Waals surface area contributed by atoms with Crippen LogP contribution in [0.2, 0.25) is 0 Å². The average molecular weight is 363 g/mol. The number of hydrogen-bond donors (Lipinski definition) is 2. The average Bonchev–Trinajstić information content (AvgIpc) is 2.42. The van der Waals surface area contributed by atoms with Crippen LogP contribution in [0, 0.1) is 5.92 Å². The van der Waals surface area contributed by atoms with E-state index in [9.17, 15) is 21.6 Å². The van der Waals surface area contributed by atoms with Crippen molar-refractivity contribution in [3.63, 3.8) is 0 Å². The predicted molar refractivity (Wildman–Crippen MR) is 86.2 cm³/mol. The van der Waals surface area contributed by atoms with E-state index in [-0.39, 0.29) is 16.6 Å². The van der Waals surface area contributed by atoms with Crippen molar-refractivity contribution >= 4 is 25.8 Å². The number of aliphatic carboxylic acids is 1. The van der Waals surface area contributed by atoms with E-state index in [2.05, 4.69) is 4.72 Å². The van der Waals surface area contributed by atoms with Crippen LogP contribution in [-0.2, 0) is 30.4 Å². The molecule has 0 spiro atoms. The Kier molecular flexibility index (Phi) is 6.32. The van der Waals surface area contributed by atoms with E-state index >= 15 is 0 Å². The van der Waals surface area contributed by atoms with Crippen molar-refractivity contribution in [1.82, 2.24) is 4.72 Å². The van der Waals surface area contributed by atoms with E-state index in [1.165, 1.54) is 24.3 Å². The van der Waals surface area contributed by atoms with Gasteiger partial charge < -0.3 is 5.11 Å². The monoisotopic (exact) mass is 363 g/mol. The molecule has 23 heavy (non-hydrogen) atoms. The van der Waals surface area contributed by atoms with E-state index in [0.717, 1.165) is 6.26 Å².